The highest BCUT2D eigenvalue weighted by molar-refractivity contribution is 5.97. The average Bonchev–Trinajstić information content (AvgIpc) is 2.52. The second kappa shape index (κ2) is 8.79. The fourth-order valence-corrected chi connectivity index (χ4v) is 1.83. The van der Waals surface area contributed by atoms with E-state index in [1.807, 2.05) is 0 Å². The van der Waals surface area contributed by atoms with Gasteiger partial charge in [0.1, 0.15) is 11.3 Å². The lowest BCUT2D eigenvalue weighted by Gasteiger charge is -2.19. The minimum absolute atomic E-state index is 0.0105. The molecule has 0 aliphatic heterocycles. The zero-order valence-electron chi connectivity index (χ0n) is 15.0. The van der Waals surface area contributed by atoms with Crippen molar-refractivity contribution >= 4 is 29.3 Å². The minimum atomic E-state index is -0.851. The summed E-state index contributed by atoms with van der Waals surface area (Å²) in [5.41, 5.74) is -1.32. The average molecular weight is 367 g/mol. The molecule has 2 amide bonds. The van der Waals surface area contributed by atoms with E-state index in [0.717, 1.165) is 6.07 Å². The number of rotatable bonds is 6. The Morgan fingerprint density at radius 2 is 1.88 bits per heavy atom. The van der Waals surface area contributed by atoms with E-state index in [9.17, 15) is 24.5 Å². The van der Waals surface area contributed by atoms with Crippen molar-refractivity contribution in [1.82, 2.24) is 5.32 Å². The van der Waals surface area contributed by atoms with Crippen molar-refractivity contribution in [2.24, 2.45) is 0 Å². The summed E-state index contributed by atoms with van der Waals surface area (Å²) in [5, 5.41) is 16.0. The third-order valence-electron chi connectivity index (χ3n) is 2.93. The van der Waals surface area contributed by atoms with Crippen LogP contribution in [0, 0.1) is 10.1 Å². The van der Waals surface area contributed by atoms with E-state index in [0.29, 0.717) is 0 Å². The summed E-state index contributed by atoms with van der Waals surface area (Å²) in [4.78, 5) is 45.3. The van der Waals surface area contributed by atoms with Gasteiger partial charge in [0.25, 0.3) is 11.6 Å². The summed E-state index contributed by atoms with van der Waals surface area (Å²) >= 11 is 0. The molecular weight excluding hydrogens is 346 g/mol. The van der Waals surface area contributed by atoms with Crippen LogP contribution >= 0.6 is 0 Å². The van der Waals surface area contributed by atoms with Gasteiger partial charge in [-0.1, -0.05) is 0 Å². The summed E-state index contributed by atoms with van der Waals surface area (Å²) in [5.74, 6) is -1.09. The molecule has 0 fully saturated rings. The molecule has 0 saturated carbocycles. The predicted molar refractivity (Wildman–Crippen MR) is 91.9 cm³/mol. The minimum Gasteiger partial charge on any atom is -0.469 e. The summed E-state index contributed by atoms with van der Waals surface area (Å²) in [7, 11) is 1.23. The first-order chi connectivity index (χ1) is 12.0. The first-order valence-corrected chi connectivity index (χ1v) is 7.67. The summed E-state index contributed by atoms with van der Waals surface area (Å²) in [6.07, 6.45) is -0.876. The normalized spacial score (nSPS) is 10.6. The topological polar surface area (TPSA) is 137 Å². The molecule has 0 aliphatic carbocycles. The lowest BCUT2D eigenvalue weighted by Crippen LogP contribution is -2.28. The molecule has 0 bridgehead atoms. The number of nitro benzene ring substituents is 1. The van der Waals surface area contributed by atoms with Crippen molar-refractivity contribution in [3.8, 4) is 0 Å². The zero-order chi connectivity index (χ0) is 19.9. The van der Waals surface area contributed by atoms with Crippen LogP contribution in [-0.4, -0.2) is 42.1 Å². The number of anilines is 1. The molecule has 10 heteroatoms. The van der Waals surface area contributed by atoms with E-state index in [1.165, 1.54) is 19.2 Å². The van der Waals surface area contributed by atoms with Crippen LogP contribution in [0.25, 0.3) is 0 Å². The third-order valence-corrected chi connectivity index (χ3v) is 2.93. The molecule has 0 radical (unpaired) electrons. The van der Waals surface area contributed by atoms with Crippen molar-refractivity contribution < 1.29 is 28.8 Å². The molecule has 0 aliphatic rings. The van der Waals surface area contributed by atoms with Crippen LogP contribution in [-0.2, 0) is 14.3 Å². The zero-order valence-corrected chi connectivity index (χ0v) is 15.0. The van der Waals surface area contributed by atoms with Gasteiger partial charge in [0.15, 0.2) is 0 Å². The molecule has 0 aromatic heterocycles. The Balaban J connectivity index is 2.88. The number of carbonyl (C=O) groups is 3. The molecule has 10 nitrogen and oxygen atoms in total. The molecule has 1 aromatic carbocycles. The second-order valence-electron chi connectivity index (χ2n) is 6.20. The van der Waals surface area contributed by atoms with Crippen molar-refractivity contribution in [2.45, 2.75) is 32.8 Å². The van der Waals surface area contributed by atoms with E-state index in [4.69, 9.17) is 4.74 Å². The van der Waals surface area contributed by atoms with Gasteiger partial charge in [0.05, 0.1) is 18.5 Å². The van der Waals surface area contributed by atoms with Crippen LogP contribution < -0.4 is 10.6 Å². The van der Waals surface area contributed by atoms with Crippen molar-refractivity contribution in [2.75, 3.05) is 19.0 Å². The van der Waals surface area contributed by atoms with Crippen LogP contribution in [0.5, 0.6) is 0 Å². The number of nitrogens with zero attached hydrogens (tertiary/aromatic N) is 1. The molecule has 0 saturated heterocycles. The monoisotopic (exact) mass is 367 g/mol. The maximum absolute atomic E-state index is 12.0. The SMILES string of the molecule is COC(=O)CCNC(=O)c1ccc(NC(=O)OC(C)(C)C)c([N+](=O)[O-])c1. The van der Waals surface area contributed by atoms with Crippen LogP contribution in [0.1, 0.15) is 37.6 Å². The maximum atomic E-state index is 12.0. The van der Waals surface area contributed by atoms with Gasteiger partial charge in [-0.3, -0.25) is 25.0 Å². The molecule has 0 unspecified atom stereocenters. The fourth-order valence-electron chi connectivity index (χ4n) is 1.83. The Morgan fingerprint density at radius 1 is 1.23 bits per heavy atom. The number of hydrogen-bond donors (Lipinski definition) is 2. The van der Waals surface area contributed by atoms with Gasteiger partial charge in [-0.2, -0.15) is 0 Å². The number of methoxy groups -OCH3 is 1. The first kappa shape index (κ1) is 20.9. The molecular formula is C16H21N3O7. The highest BCUT2D eigenvalue weighted by Crippen LogP contribution is 2.26. The Morgan fingerprint density at radius 3 is 2.42 bits per heavy atom. The van der Waals surface area contributed by atoms with Gasteiger partial charge in [-0.05, 0) is 32.9 Å². The molecule has 142 valence electrons. The molecule has 0 atom stereocenters. The van der Waals surface area contributed by atoms with E-state index < -0.39 is 34.2 Å². The van der Waals surface area contributed by atoms with Crippen LogP contribution in [0.3, 0.4) is 0 Å². The Hall–Kier alpha value is -3.17. The van der Waals surface area contributed by atoms with Crippen LogP contribution in [0.15, 0.2) is 18.2 Å². The van der Waals surface area contributed by atoms with Gasteiger partial charge in [0, 0.05) is 18.2 Å². The van der Waals surface area contributed by atoms with Gasteiger partial charge in [-0.25, -0.2) is 4.79 Å². The van der Waals surface area contributed by atoms with E-state index >= 15 is 0 Å². The van der Waals surface area contributed by atoms with Gasteiger partial charge >= 0.3 is 12.1 Å². The lowest BCUT2D eigenvalue weighted by atomic mass is 10.1. The summed E-state index contributed by atoms with van der Waals surface area (Å²) in [6.45, 7) is 4.99. The highest BCUT2D eigenvalue weighted by Gasteiger charge is 2.22. The second-order valence-corrected chi connectivity index (χ2v) is 6.20. The number of esters is 1. The standard InChI is InChI=1S/C16H21N3O7/c1-16(2,3)26-15(22)18-11-6-5-10(9-12(11)19(23)24)14(21)17-8-7-13(20)25-4/h5-6,9H,7-8H2,1-4H3,(H,17,21)(H,18,22). The Labute approximate surface area is 150 Å². The summed E-state index contributed by atoms with van der Waals surface area (Å²) < 4.78 is 9.49. The number of nitrogens with one attached hydrogen (secondary N) is 2. The third kappa shape index (κ3) is 6.75. The van der Waals surface area contributed by atoms with Gasteiger partial charge < -0.3 is 14.8 Å². The van der Waals surface area contributed by atoms with Crippen molar-refractivity contribution in [3.05, 3.63) is 33.9 Å². The van der Waals surface area contributed by atoms with Gasteiger partial charge in [-0.15, -0.1) is 0 Å². The van der Waals surface area contributed by atoms with Crippen LogP contribution in [0.4, 0.5) is 16.2 Å². The smallest absolute Gasteiger partial charge is 0.412 e. The predicted octanol–water partition coefficient (Wildman–Crippen LogP) is 2.23. The Kier molecular flexibility index (Phi) is 7.06. The molecule has 1 rings (SSSR count). The molecule has 0 heterocycles. The molecule has 26 heavy (non-hydrogen) atoms. The number of ether oxygens (including phenoxy) is 2. The fraction of sp³-hybridized carbons (Fsp3) is 0.438. The first-order valence-electron chi connectivity index (χ1n) is 7.67. The summed E-state index contributed by atoms with van der Waals surface area (Å²) in [6, 6.07) is 3.57. The van der Waals surface area contributed by atoms with E-state index in [2.05, 4.69) is 15.4 Å². The maximum Gasteiger partial charge on any atom is 0.412 e. The lowest BCUT2D eigenvalue weighted by molar-refractivity contribution is -0.384. The molecule has 2 N–H and O–H groups in total. The van der Waals surface area contributed by atoms with Crippen molar-refractivity contribution in [1.29, 1.82) is 0 Å². The number of nitro groups is 1. The quantitative estimate of drug-likeness (QED) is 0.447. The highest BCUT2D eigenvalue weighted by atomic mass is 16.6. The number of hydrogen-bond acceptors (Lipinski definition) is 7. The number of carbonyl (C=O) groups excluding carboxylic acids is 3. The van der Waals surface area contributed by atoms with E-state index in [1.54, 1.807) is 20.8 Å². The van der Waals surface area contributed by atoms with E-state index in [-0.39, 0.29) is 24.2 Å². The molecule has 1 aromatic rings. The largest absolute Gasteiger partial charge is 0.469 e. The number of amides is 2. The molecule has 0 spiro atoms. The Bertz CT molecular complexity index is 710. The van der Waals surface area contributed by atoms with Crippen LogP contribution in [0.2, 0.25) is 0 Å². The number of benzene rings is 1. The van der Waals surface area contributed by atoms with Gasteiger partial charge in [0.2, 0.25) is 0 Å². The van der Waals surface area contributed by atoms with Crippen molar-refractivity contribution in [3.63, 3.8) is 0 Å².